The van der Waals surface area contributed by atoms with Crippen LogP contribution in [0.3, 0.4) is 0 Å². The molecule has 160 valence electrons. The summed E-state index contributed by atoms with van der Waals surface area (Å²) in [6, 6.07) is 10.1. The van der Waals surface area contributed by atoms with Gasteiger partial charge in [-0.1, -0.05) is 19.1 Å². The second-order valence-corrected chi connectivity index (χ2v) is 7.30. The van der Waals surface area contributed by atoms with E-state index in [0.717, 1.165) is 17.6 Å². The zero-order valence-corrected chi connectivity index (χ0v) is 17.6. The number of aromatic nitrogens is 2. The van der Waals surface area contributed by atoms with Gasteiger partial charge in [-0.05, 0) is 55.7 Å². The third-order valence-electron chi connectivity index (χ3n) is 5.18. The highest BCUT2D eigenvalue weighted by molar-refractivity contribution is 5.93. The van der Waals surface area contributed by atoms with Crippen LogP contribution in [-0.2, 0) is 6.54 Å². The van der Waals surface area contributed by atoms with Gasteiger partial charge in [0.05, 0.1) is 29.7 Å². The van der Waals surface area contributed by atoms with E-state index in [9.17, 15) is 14.7 Å². The van der Waals surface area contributed by atoms with Crippen molar-refractivity contribution in [3.05, 3.63) is 63.7 Å². The minimum absolute atomic E-state index is 0.104. The highest BCUT2D eigenvalue weighted by Gasteiger charge is 2.22. The Morgan fingerprint density at radius 1 is 1.23 bits per heavy atom. The molecule has 0 unspecified atom stereocenters. The van der Waals surface area contributed by atoms with E-state index in [-0.39, 0.29) is 11.1 Å². The molecule has 0 radical (unpaired) electrons. The van der Waals surface area contributed by atoms with Gasteiger partial charge in [-0.15, -0.1) is 0 Å². The van der Waals surface area contributed by atoms with Gasteiger partial charge in [-0.25, -0.2) is 9.78 Å². The number of benzene rings is 2. The van der Waals surface area contributed by atoms with Crippen LogP contribution >= 0.6 is 0 Å². The monoisotopic (exact) mass is 420 g/mol. The smallest absolute Gasteiger partial charge is 0.335 e. The standard InChI is InChI=1S/C24H24N2O5/c1-3-12-31-21-15(6-5-7-20(21)30-4-2)13-16-10-11-26-22(16)25-19-14-17(24(28)29)8-9-18(19)23(26)27/h5-9,13-14H,3-4,10-12H2,1-2H3,(H,28,29). The summed E-state index contributed by atoms with van der Waals surface area (Å²) in [6.07, 6.45) is 3.50. The molecular weight excluding hydrogens is 396 g/mol. The minimum atomic E-state index is -1.05. The summed E-state index contributed by atoms with van der Waals surface area (Å²) in [4.78, 5) is 28.9. The molecule has 0 amide bonds. The van der Waals surface area contributed by atoms with Gasteiger partial charge in [-0.3, -0.25) is 9.36 Å². The van der Waals surface area contributed by atoms with Gasteiger partial charge >= 0.3 is 5.97 Å². The summed E-state index contributed by atoms with van der Waals surface area (Å²) >= 11 is 0. The van der Waals surface area contributed by atoms with E-state index in [4.69, 9.17) is 9.47 Å². The fourth-order valence-corrected chi connectivity index (χ4v) is 3.75. The first-order valence-corrected chi connectivity index (χ1v) is 10.4. The molecule has 0 bridgehead atoms. The molecule has 31 heavy (non-hydrogen) atoms. The van der Waals surface area contributed by atoms with Crippen LogP contribution in [0, 0.1) is 0 Å². The quantitative estimate of drug-likeness (QED) is 0.615. The number of carboxylic acid groups (broad SMARTS) is 1. The Kier molecular flexibility index (Phi) is 5.75. The van der Waals surface area contributed by atoms with Gasteiger partial charge in [0.2, 0.25) is 0 Å². The second kappa shape index (κ2) is 8.63. The lowest BCUT2D eigenvalue weighted by Gasteiger charge is -2.14. The molecular formula is C24H24N2O5. The van der Waals surface area contributed by atoms with Crippen molar-refractivity contribution in [3.63, 3.8) is 0 Å². The number of aromatic carboxylic acids is 1. The van der Waals surface area contributed by atoms with Gasteiger partial charge < -0.3 is 14.6 Å². The molecule has 0 saturated heterocycles. The molecule has 7 nitrogen and oxygen atoms in total. The van der Waals surface area contributed by atoms with Crippen molar-refractivity contribution >= 4 is 28.5 Å². The maximum Gasteiger partial charge on any atom is 0.335 e. The van der Waals surface area contributed by atoms with Gasteiger partial charge in [0.15, 0.2) is 11.5 Å². The SMILES string of the molecule is CCCOc1c(C=C2CCn3c2nc2cc(C(=O)O)ccc2c3=O)cccc1OCC. The maximum atomic E-state index is 13.0. The largest absolute Gasteiger partial charge is 0.490 e. The number of carboxylic acids is 1. The highest BCUT2D eigenvalue weighted by atomic mass is 16.5. The van der Waals surface area contributed by atoms with E-state index in [1.807, 2.05) is 38.1 Å². The van der Waals surface area contributed by atoms with Gasteiger partial charge in [0, 0.05) is 12.1 Å². The molecule has 3 aromatic rings. The molecule has 1 aliphatic heterocycles. The minimum Gasteiger partial charge on any atom is -0.490 e. The van der Waals surface area contributed by atoms with Crippen LogP contribution in [-0.4, -0.2) is 33.8 Å². The molecule has 0 spiro atoms. The number of para-hydroxylation sites is 1. The van der Waals surface area contributed by atoms with E-state index in [2.05, 4.69) is 4.98 Å². The Bertz CT molecular complexity index is 1240. The molecule has 0 aliphatic carbocycles. The number of hydrogen-bond donors (Lipinski definition) is 1. The van der Waals surface area contributed by atoms with E-state index in [1.54, 1.807) is 4.57 Å². The van der Waals surface area contributed by atoms with Crippen LogP contribution in [0.1, 0.15) is 48.4 Å². The number of fused-ring (bicyclic) bond motifs is 2. The molecule has 2 aromatic carbocycles. The maximum absolute atomic E-state index is 13.0. The fraction of sp³-hybridized carbons (Fsp3) is 0.292. The molecule has 0 atom stereocenters. The summed E-state index contributed by atoms with van der Waals surface area (Å²) in [5.74, 6) is 0.862. The van der Waals surface area contributed by atoms with Gasteiger partial charge in [0.1, 0.15) is 5.82 Å². The number of carbonyl (C=O) groups is 1. The molecule has 2 heterocycles. The summed E-state index contributed by atoms with van der Waals surface area (Å²) in [5, 5.41) is 9.69. The van der Waals surface area contributed by atoms with Crippen molar-refractivity contribution in [1.29, 1.82) is 0 Å². The first-order chi connectivity index (χ1) is 15.0. The molecule has 0 saturated carbocycles. The average Bonchev–Trinajstić information content (AvgIpc) is 3.16. The fourth-order valence-electron chi connectivity index (χ4n) is 3.75. The Morgan fingerprint density at radius 2 is 2.06 bits per heavy atom. The number of rotatable bonds is 7. The van der Waals surface area contributed by atoms with E-state index >= 15 is 0 Å². The first-order valence-electron chi connectivity index (χ1n) is 10.4. The topological polar surface area (TPSA) is 90.7 Å². The van der Waals surface area contributed by atoms with Crippen LogP contribution in [0.4, 0.5) is 0 Å². The normalized spacial score (nSPS) is 14.1. The summed E-state index contributed by atoms with van der Waals surface area (Å²) in [5.41, 5.74) is 2.08. The Morgan fingerprint density at radius 3 is 2.81 bits per heavy atom. The van der Waals surface area contributed by atoms with E-state index in [1.165, 1.54) is 18.2 Å². The predicted molar refractivity (Wildman–Crippen MR) is 119 cm³/mol. The van der Waals surface area contributed by atoms with E-state index < -0.39 is 5.97 Å². The van der Waals surface area contributed by atoms with Crippen LogP contribution in [0.15, 0.2) is 41.2 Å². The average molecular weight is 420 g/mol. The van der Waals surface area contributed by atoms with Crippen molar-refractivity contribution in [3.8, 4) is 11.5 Å². The second-order valence-electron chi connectivity index (χ2n) is 7.30. The summed E-state index contributed by atoms with van der Waals surface area (Å²) in [6.45, 7) is 5.59. The van der Waals surface area contributed by atoms with Crippen molar-refractivity contribution < 1.29 is 19.4 Å². The lowest BCUT2D eigenvalue weighted by molar-refractivity contribution is 0.0697. The molecule has 1 aliphatic rings. The zero-order chi connectivity index (χ0) is 22.0. The molecule has 7 heteroatoms. The van der Waals surface area contributed by atoms with Crippen LogP contribution in [0.25, 0.3) is 22.6 Å². The summed E-state index contributed by atoms with van der Waals surface area (Å²) in [7, 11) is 0. The lowest BCUT2D eigenvalue weighted by Crippen LogP contribution is -2.21. The lowest BCUT2D eigenvalue weighted by atomic mass is 10.1. The molecule has 4 rings (SSSR count). The van der Waals surface area contributed by atoms with Gasteiger partial charge in [-0.2, -0.15) is 0 Å². The number of hydrogen-bond acceptors (Lipinski definition) is 5. The van der Waals surface area contributed by atoms with E-state index in [0.29, 0.717) is 54.4 Å². The molecule has 1 N–H and O–H groups in total. The first kappa shape index (κ1) is 20.7. The zero-order valence-electron chi connectivity index (χ0n) is 17.6. The Hall–Kier alpha value is -3.61. The van der Waals surface area contributed by atoms with Gasteiger partial charge in [0.25, 0.3) is 5.56 Å². The number of nitrogens with zero attached hydrogens (tertiary/aromatic N) is 2. The van der Waals surface area contributed by atoms with Crippen molar-refractivity contribution in [2.45, 2.75) is 33.2 Å². The Balaban J connectivity index is 1.84. The van der Waals surface area contributed by atoms with Crippen molar-refractivity contribution in [1.82, 2.24) is 9.55 Å². The van der Waals surface area contributed by atoms with Crippen LogP contribution < -0.4 is 15.0 Å². The van der Waals surface area contributed by atoms with Crippen LogP contribution in [0.2, 0.25) is 0 Å². The van der Waals surface area contributed by atoms with Crippen LogP contribution in [0.5, 0.6) is 11.5 Å². The predicted octanol–water partition coefficient (Wildman–Crippen LogP) is 4.23. The summed E-state index contributed by atoms with van der Waals surface area (Å²) < 4.78 is 13.4. The number of ether oxygens (including phenoxy) is 2. The molecule has 1 aromatic heterocycles. The third-order valence-corrected chi connectivity index (χ3v) is 5.18. The van der Waals surface area contributed by atoms with Crippen molar-refractivity contribution in [2.24, 2.45) is 0 Å². The molecule has 0 fully saturated rings. The third kappa shape index (κ3) is 3.91. The highest BCUT2D eigenvalue weighted by Crippen LogP contribution is 2.36. The Labute approximate surface area is 179 Å². The van der Waals surface area contributed by atoms with Crippen molar-refractivity contribution in [2.75, 3.05) is 13.2 Å². The number of allylic oxidation sites excluding steroid dienone is 1.